The van der Waals surface area contributed by atoms with Gasteiger partial charge in [-0.25, -0.2) is 14.8 Å². The monoisotopic (exact) mass is 416 g/mol. The minimum absolute atomic E-state index is 0.168. The van der Waals surface area contributed by atoms with Crippen LogP contribution in [0.1, 0.15) is 32.6 Å². The van der Waals surface area contributed by atoms with Crippen LogP contribution in [0.25, 0.3) is 10.2 Å². The summed E-state index contributed by atoms with van der Waals surface area (Å²) in [7, 11) is 0. The number of fused-ring (bicyclic) bond motifs is 1. The molecule has 0 aromatic carbocycles. The molecule has 2 fully saturated rings. The fraction of sp³-hybridized carbons (Fsp3) is 0.600. The summed E-state index contributed by atoms with van der Waals surface area (Å²) in [6, 6.07) is 1.86. The van der Waals surface area contributed by atoms with E-state index in [0.29, 0.717) is 5.92 Å². The second kappa shape index (κ2) is 9.04. The van der Waals surface area contributed by atoms with Gasteiger partial charge in [-0.3, -0.25) is 15.0 Å². The molecule has 1 aliphatic carbocycles. The van der Waals surface area contributed by atoms with Crippen molar-refractivity contribution in [1.29, 1.82) is 0 Å². The Hall–Kier alpha value is -2.26. The summed E-state index contributed by atoms with van der Waals surface area (Å²) in [5.74, 6) is 1.18. The van der Waals surface area contributed by atoms with Crippen molar-refractivity contribution < 1.29 is 9.59 Å². The Kier molecular flexibility index (Phi) is 6.25. The molecule has 0 bridgehead atoms. The Balaban J connectivity index is 1.23. The van der Waals surface area contributed by atoms with Crippen LogP contribution in [-0.2, 0) is 4.79 Å². The van der Waals surface area contributed by atoms with Crippen molar-refractivity contribution in [2.24, 2.45) is 5.92 Å². The number of nitrogens with one attached hydrogen (secondary N) is 2. The van der Waals surface area contributed by atoms with E-state index in [9.17, 15) is 9.59 Å². The van der Waals surface area contributed by atoms with E-state index in [1.807, 2.05) is 5.38 Å². The maximum absolute atomic E-state index is 12.3. The van der Waals surface area contributed by atoms with E-state index in [-0.39, 0.29) is 24.5 Å². The predicted molar refractivity (Wildman–Crippen MR) is 114 cm³/mol. The maximum Gasteiger partial charge on any atom is 0.321 e. The largest absolute Gasteiger partial charge is 0.353 e. The van der Waals surface area contributed by atoms with E-state index in [1.165, 1.54) is 6.42 Å². The molecule has 8 nitrogen and oxygen atoms in total. The van der Waals surface area contributed by atoms with Gasteiger partial charge in [0.1, 0.15) is 17.0 Å². The van der Waals surface area contributed by atoms with Gasteiger partial charge in [0.05, 0.1) is 11.9 Å². The van der Waals surface area contributed by atoms with E-state index in [2.05, 4.69) is 43.4 Å². The lowest BCUT2D eigenvalue weighted by Gasteiger charge is -2.35. The van der Waals surface area contributed by atoms with Crippen LogP contribution in [-0.4, -0.2) is 65.6 Å². The molecule has 1 saturated carbocycles. The lowest BCUT2D eigenvalue weighted by atomic mass is 9.86. The topological polar surface area (TPSA) is 90.5 Å². The molecule has 2 aliphatic rings. The Bertz CT molecular complexity index is 864. The first-order valence-electron chi connectivity index (χ1n) is 10.4. The minimum atomic E-state index is -0.367. The number of piperazine rings is 1. The zero-order valence-corrected chi connectivity index (χ0v) is 17.6. The van der Waals surface area contributed by atoms with Crippen LogP contribution in [0.5, 0.6) is 0 Å². The molecule has 4 rings (SSSR count). The average Bonchev–Trinajstić information content (AvgIpc) is 3.19. The van der Waals surface area contributed by atoms with Crippen LogP contribution in [0.15, 0.2) is 17.8 Å². The van der Waals surface area contributed by atoms with Crippen LogP contribution in [0.4, 0.5) is 10.6 Å². The highest BCUT2D eigenvalue weighted by molar-refractivity contribution is 7.16. The molecule has 1 aliphatic heterocycles. The summed E-state index contributed by atoms with van der Waals surface area (Å²) in [5.41, 5.74) is 0. The third kappa shape index (κ3) is 4.84. The number of amides is 3. The number of nitrogens with zero attached hydrogens (tertiary/aromatic N) is 4. The highest BCUT2D eigenvalue weighted by Crippen LogP contribution is 2.27. The van der Waals surface area contributed by atoms with Crippen molar-refractivity contribution in [3.63, 3.8) is 0 Å². The number of carbonyl (C=O) groups excluding carboxylic acids is 2. The summed E-state index contributed by atoms with van der Waals surface area (Å²) in [6.07, 6.45) is 6.09. The highest BCUT2D eigenvalue weighted by atomic mass is 32.1. The summed E-state index contributed by atoms with van der Waals surface area (Å²) in [5, 5.41) is 8.58. The van der Waals surface area contributed by atoms with E-state index >= 15 is 0 Å². The zero-order chi connectivity index (χ0) is 20.2. The van der Waals surface area contributed by atoms with Gasteiger partial charge in [0, 0.05) is 32.2 Å². The molecule has 2 N–H and O–H groups in total. The molecule has 0 spiro atoms. The molecule has 0 radical (unpaired) electrons. The van der Waals surface area contributed by atoms with Gasteiger partial charge in [0.2, 0.25) is 5.91 Å². The quantitative estimate of drug-likeness (QED) is 0.794. The number of carbonyl (C=O) groups is 2. The molecule has 2 aromatic rings. The lowest BCUT2D eigenvalue weighted by Crippen LogP contribution is -2.52. The molecular formula is C20H28N6O2S. The number of anilines is 1. The standard InChI is InChI=1S/C20H28N6O2S/c1-14-4-2-3-5-16(14)23-20(28)24-17(27)12-25-7-9-26(10-8-25)18-15-6-11-29-19(15)22-13-21-18/h6,11,13-14,16H,2-5,7-10,12H2,1H3,(H2,23,24,27,28). The molecule has 2 unspecified atom stereocenters. The first-order chi connectivity index (χ1) is 14.1. The van der Waals surface area contributed by atoms with Gasteiger partial charge in [-0.15, -0.1) is 11.3 Å². The van der Waals surface area contributed by atoms with Crippen molar-refractivity contribution in [3.8, 4) is 0 Å². The van der Waals surface area contributed by atoms with Crippen LogP contribution in [0.2, 0.25) is 0 Å². The van der Waals surface area contributed by atoms with Crippen molar-refractivity contribution in [2.45, 2.75) is 38.6 Å². The number of urea groups is 1. The van der Waals surface area contributed by atoms with Crippen LogP contribution in [0, 0.1) is 5.92 Å². The predicted octanol–water partition coefficient (Wildman–Crippen LogP) is 2.22. The SMILES string of the molecule is CC1CCCCC1NC(=O)NC(=O)CN1CCN(c2ncnc3sccc23)CC1. The van der Waals surface area contributed by atoms with E-state index in [4.69, 9.17) is 0 Å². The normalized spacial score (nSPS) is 23.1. The summed E-state index contributed by atoms with van der Waals surface area (Å²) >= 11 is 1.61. The molecular weight excluding hydrogens is 388 g/mol. The molecule has 2 atom stereocenters. The Morgan fingerprint density at radius 2 is 1.97 bits per heavy atom. The van der Waals surface area contributed by atoms with Crippen LogP contribution < -0.4 is 15.5 Å². The van der Waals surface area contributed by atoms with Gasteiger partial charge in [-0.2, -0.15) is 0 Å². The van der Waals surface area contributed by atoms with Gasteiger partial charge in [0.15, 0.2) is 0 Å². The molecule has 1 saturated heterocycles. The van der Waals surface area contributed by atoms with Crippen LogP contribution in [0.3, 0.4) is 0 Å². The third-order valence-corrected chi connectivity index (χ3v) is 6.78. The van der Waals surface area contributed by atoms with Crippen molar-refractivity contribution >= 4 is 39.3 Å². The highest BCUT2D eigenvalue weighted by Gasteiger charge is 2.25. The summed E-state index contributed by atoms with van der Waals surface area (Å²) in [6.45, 7) is 5.49. The average molecular weight is 417 g/mol. The fourth-order valence-corrected chi connectivity index (χ4v) is 4.98. The lowest BCUT2D eigenvalue weighted by molar-refractivity contribution is -0.121. The second-order valence-electron chi connectivity index (χ2n) is 7.99. The number of hydrogen-bond donors (Lipinski definition) is 2. The number of thiophene rings is 1. The summed E-state index contributed by atoms with van der Waals surface area (Å²) < 4.78 is 0. The Labute approximate surface area is 174 Å². The van der Waals surface area contributed by atoms with Crippen molar-refractivity contribution in [1.82, 2.24) is 25.5 Å². The van der Waals surface area contributed by atoms with Crippen molar-refractivity contribution in [2.75, 3.05) is 37.6 Å². The first kappa shape index (κ1) is 20.0. The summed E-state index contributed by atoms with van der Waals surface area (Å²) in [4.78, 5) is 38.5. The van der Waals surface area contributed by atoms with Gasteiger partial charge < -0.3 is 10.2 Å². The number of aromatic nitrogens is 2. The Morgan fingerprint density at radius 1 is 1.17 bits per heavy atom. The minimum Gasteiger partial charge on any atom is -0.353 e. The molecule has 29 heavy (non-hydrogen) atoms. The number of hydrogen-bond acceptors (Lipinski definition) is 7. The molecule has 3 amide bonds. The number of rotatable bonds is 4. The maximum atomic E-state index is 12.3. The van der Waals surface area contributed by atoms with Gasteiger partial charge in [-0.1, -0.05) is 19.8 Å². The smallest absolute Gasteiger partial charge is 0.321 e. The Morgan fingerprint density at radius 3 is 2.76 bits per heavy atom. The van der Waals surface area contributed by atoms with Crippen LogP contribution >= 0.6 is 11.3 Å². The van der Waals surface area contributed by atoms with E-state index in [0.717, 1.165) is 61.5 Å². The third-order valence-electron chi connectivity index (χ3n) is 5.96. The molecule has 9 heteroatoms. The first-order valence-corrected chi connectivity index (χ1v) is 11.2. The van der Waals surface area contributed by atoms with Gasteiger partial charge >= 0.3 is 6.03 Å². The molecule has 3 heterocycles. The second-order valence-corrected chi connectivity index (χ2v) is 8.88. The number of imide groups is 1. The van der Waals surface area contributed by atoms with Crippen molar-refractivity contribution in [3.05, 3.63) is 17.8 Å². The van der Waals surface area contributed by atoms with Gasteiger partial charge in [-0.05, 0) is 30.2 Å². The van der Waals surface area contributed by atoms with E-state index in [1.54, 1.807) is 17.7 Å². The zero-order valence-electron chi connectivity index (χ0n) is 16.8. The molecule has 156 valence electrons. The fourth-order valence-electron chi connectivity index (χ4n) is 4.25. The van der Waals surface area contributed by atoms with Gasteiger partial charge in [0.25, 0.3) is 0 Å². The van der Waals surface area contributed by atoms with E-state index < -0.39 is 0 Å². The molecule has 2 aromatic heterocycles.